The second kappa shape index (κ2) is 10.1. The summed E-state index contributed by atoms with van der Waals surface area (Å²) in [6.45, 7) is 0.792. The molecule has 0 radical (unpaired) electrons. The van der Waals surface area contributed by atoms with E-state index < -0.39 is 12.7 Å². The lowest BCUT2D eigenvalue weighted by Crippen LogP contribution is -2.41. The second-order valence-electron chi connectivity index (χ2n) is 5.21. The minimum atomic E-state index is -3.03. The van der Waals surface area contributed by atoms with E-state index in [1.54, 1.807) is 0 Å². The third-order valence-corrected chi connectivity index (χ3v) is 3.31. The van der Waals surface area contributed by atoms with Gasteiger partial charge in [-0.15, -0.1) is 12.4 Å². The van der Waals surface area contributed by atoms with Crippen molar-refractivity contribution in [2.45, 2.75) is 39.5 Å². The number of alkyl halides is 2. The number of nitrogens with one attached hydrogen (secondary N) is 1. The van der Waals surface area contributed by atoms with E-state index in [-0.39, 0.29) is 52.1 Å². The predicted molar refractivity (Wildman–Crippen MR) is 89.6 cm³/mol. The van der Waals surface area contributed by atoms with Gasteiger partial charge in [-0.3, -0.25) is 4.79 Å². The van der Waals surface area contributed by atoms with Crippen molar-refractivity contribution in [1.82, 2.24) is 5.32 Å². The van der Waals surface area contributed by atoms with Gasteiger partial charge in [-0.25, -0.2) is 0 Å². The van der Waals surface area contributed by atoms with E-state index in [9.17, 15) is 13.6 Å². The zero-order valence-corrected chi connectivity index (χ0v) is 14.9. The standard InChI is InChI=1S/C14H18Cl2F2N2O2.ClH/c1-7(2)3-11(19)13(21)20-6-8-4-9(15)5-10(16)12(8)22-14(17)18;/h4-5,7,11,14H,3,6,19H2,1-2H3,(H,20,21);1H/t11-;/m0./s1. The van der Waals surface area contributed by atoms with E-state index in [4.69, 9.17) is 28.9 Å². The van der Waals surface area contributed by atoms with Gasteiger partial charge in [-0.2, -0.15) is 8.78 Å². The lowest BCUT2D eigenvalue weighted by atomic mass is 10.0. The average molecular weight is 392 g/mol. The Morgan fingerprint density at radius 2 is 1.96 bits per heavy atom. The smallest absolute Gasteiger partial charge is 0.387 e. The molecule has 0 unspecified atom stereocenters. The van der Waals surface area contributed by atoms with Crippen LogP contribution in [0.4, 0.5) is 8.78 Å². The first-order chi connectivity index (χ1) is 10.2. The van der Waals surface area contributed by atoms with Gasteiger partial charge in [0, 0.05) is 17.1 Å². The van der Waals surface area contributed by atoms with E-state index in [1.807, 2.05) is 13.8 Å². The maximum Gasteiger partial charge on any atom is 0.387 e. The van der Waals surface area contributed by atoms with Gasteiger partial charge in [-0.1, -0.05) is 37.0 Å². The zero-order chi connectivity index (χ0) is 16.9. The average Bonchev–Trinajstić information content (AvgIpc) is 2.38. The summed E-state index contributed by atoms with van der Waals surface area (Å²) in [6.07, 6.45) is 0.516. The molecule has 0 spiro atoms. The molecule has 0 aliphatic rings. The van der Waals surface area contributed by atoms with Crippen LogP contribution < -0.4 is 15.8 Å². The van der Waals surface area contributed by atoms with Crippen molar-refractivity contribution in [2.75, 3.05) is 0 Å². The molecular weight excluding hydrogens is 373 g/mol. The lowest BCUT2D eigenvalue weighted by molar-refractivity contribution is -0.122. The Morgan fingerprint density at radius 1 is 1.35 bits per heavy atom. The summed E-state index contributed by atoms with van der Waals surface area (Å²) in [7, 11) is 0. The summed E-state index contributed by atoms with van der Waals surface area (Å²) in [6, 6.07) is 2.02. The largest absolute Gasteiger partial charge is 0.433 e. The summed E-state index contributed by atoms with van der Waals surface area (Å²) in [4.78, 5) is 11.9. The number of benzene rings is 1. The van der Waals surface area contributed by atoms with Gasteiger partial charge in [0.1, 0.15) is 5.75 Å². The van der Waals surface area contributed by atoms with Crippen molar-refractivity contribution in [3.05, 3.63) is 27.7 Å². The van der Waals surface area contributed by atoms with Crippen molar-refractivity contribution in [3.8, 4) is 5.75 Å². The van der Waals surface area contributed by atoms with Crippen LogP contribution in [0.25, 0.3) is 0 Å². The molecule has 23 heavy (non-hydrogen) atoms. The first-order valence-corrected chi connectivity index (χ1v) is 7.42. The minimum absolute atomic E-state index is 0. The van der Waals surface area contributed by atoms with Crippen LogP contribution in [0.2, 0.25) is 10.0 Å². The molecule has 0 aromatic heterocycles. The first kappa shape index (κ1) is 22.2. The molecule has 0 heterocycles. The summed E-state index contributed by atoms with van der Waals surface area (Å²) < 4.78 is 29.2. The molecule has 1 aromatic rings. The monoisotopic (exact) mass is 390 g/mol. The van der Waals surface area contributed by atoms with Crippen LogP contribution in [0.3, 0.4) is 0 Å². The number of amides is 1. The minimum Gasteiger partial charge on any atom is -0.433 e. The van der Waals surface area contributed by atoms with Gasteiger partial charge in [0.05, 0.1) is 11.1 Å². The third kappa shape index (κ3) is 7.52. The van der Waals surface area contributed by atoms with Crippen LogP contribution in [0.1, 0.15) is 25.8 Å². The topological polar surface area (TPSA) is 64.4 Å². The second-order valence-corrected chi connectivity index (χ2v) is 6.05. The van der Waals surface area contributed by atoms with E-state index in [0.717, 1.165) is 0 Å². The van der Waals surface area contributed by atoms with E-state index in [0.29, 0.717) is 6.42 Å². The number of hydrogen-bond acceptors (Lipinski definition) is 3. The summed E-state index contributed by atoms with van der Waals surface area (Å²) >= 11 is 11.7. The SMILES string of the molecule is CC(C)C[C@H](N)C(=O)NCc1cc(Cl)cc(Cl)c1OC(F)F.Cl. The number of nitrogens with two attached hydrogens (primary N) is 1. The molecule has 0 bridgehead atoms. The van der Waals surface area contributed by atoms with Gasteiger partial charge in [0.15, 0.2) is 0 Å². The maximum absolute atomic E-state index is 12.4. The number of carbonyl (C=O) groups excluding carboxylic acids is 1. The predicted octanol–water partition coefficient (Wildman–Crippen LogP) is 4.01. The van der Waals surface area contributed by atoms with Crippen LogP contribution in [0.15, 0.2) is 12.1 Å². The highest BCUT2D eigenvalue weighted by Gasteiger charge is 2.18. The van der Waals surface area contributed by atoms with Crippen LogP contribution in [-0.4, -0.2) is 18.6 Å². The summed E-state index contributed by atoms with van der Waals surface area (Å²) in [5, 5.41) is 2.77. The molecule has 9 heteroatoms. The van der Waals surface area contributed by atoms with Gasteiger partial charge in [0.2, 0.25) is 5.91 Å². The fraction of sp³-hybridized carbons (Fsp3) is 0.500. The molecule has 0 aliphatic carbocycles. The highest BCUT2D eigenvalue weighted by atomic mass is 35.5. The van der Waals surface area contributed by atoms with Crippen molar-refractivity contribution in [3.63, 3.8) is 0 Å². The molecular formula is C14H19Cl3F2N2O2. The van der Waals surface area contributed by atoms with Gasteiger partial charge >= 0.3 is 6.61 Å². The summed E-state index contributed by atoms with van der Waals surface area (Å²) in [5.41, 5.74) is 6.00. The number of carbonyl (C=O) groups is 1. The highest BCUT2D eigenvalue weighted by molar-refractivity contribution is 6.35. The van der Waals surface area contributed by atoms with Crippen molar-refractivity contribution < 1.29 is 18.3 Å². The molecule has 132 valence electrons. The first-order valence-electron chi connectivity index (χ1n) is 6.66. The molecule has 4 nitrogen and oxygen atoms in total. The van der Waals surface area contributed by atoms with E-state index >= 15 is 0 Å². The van der Waals surface area contributed by atoms with Gasteiger partial charge in [-0.05, 0) is 24.5 Å². The number of halogens is 5. The van der Waals surface area contributed by atoms with Crippen LogP contribution in [0, 0.1) is 5.92 Å². The third-order valence-electron chi connectivity index (χ3n) is 2.81. The molecule has 0 fully saturated rings. The molecule has 3 N–H and O–H groups in total. The van der Waals surface area contributed by atoms with E-state index in [2.05, 4.69) is 10.1 Å². The quantitative estimate of drug-likeness (QED) is 0.738. The molecule has 1 aromatic carbocycles. The Morgan fingerprint density at radius 3 is 2.48 bits per heavy atom. The number of rotatable bonds is 7. The molecule has 0 aliphatic heterocycles. The fourth-order valence-electron chi connectivity index (χ4n) is 1.89. The fourth-order valence-corrected chi connectivity index (χ4v) is 2.47. The van der Waals surface area contributed by atoms with Gasteiger partial charge < -0.3 is 15.8 Å². The lowest BCUT2D eigenvalue weighted by Gasteiger charge is -2.16. The molecule has 0 saturated carbocycles. The van der Waals surface area contributed by atoms with Crippen LogP contribution in [-0.2, 0) is 11.3 Å². The maximum atomic E-state index is 12.4. The normalized spacial score (nSPS) is 12.0. The van der Waals surface area contributed by atoms with Crippen molar-refractivity contribution >= 4 is 41.5 Å². The van der Waals surface area contributed by atoms with Crippen molar-refractivity contribution in [1.29, 1.82) is 0 Å². The van der Waals surface area contributed by atoms with Crippen LogP contribution >= 0.6 is 35.6 Å². The Balaban J connectivity index is 0.00000484. The molecule has 1 amide bonds. The number of hydrogen-bond donors (Lipinski definition) is 2. The Bertz CT molecular complexity index is 531. The molecule has 0 saturated heterocycles. The number of ether oxygens (including phenoxy) is 1. The Labute approximate surface area is 150 Å². The van der Waals surface area contributed by atoms with Crippen LogP contribution in [0.5, 0.6) is 5.75 Å². The Hall–Kier alpha value is -0.820. The zero-order valence-electron chi connectivity index (χ0n) is 12.6. The van der Waals surface area contributed by atoms with Crippen molar-refractivity contribution in [2.24, 2.45) is 11.7 Å². The summed E-state index contributed by atoms with van der Waals surface area (Å²) in [5.74, 6) is -0.328. The Kier molecular flexibility index (Phi) is 9.77. The molecule has 1 atom stereocenters. The molecule has 1 rings (SSSR count). The highest BCUT2D eigenvalue weighted by Crippen LogP contribution is 2.33. The van der Waals surface area contributed by atoms with E-state index in [1.165, 1.54) is 12.1 Å². The van der Waals surface area contributed by atoms with Gasteiger partial charge in [0.25, 0.3) is 0 Å².